The lowest BCUT2D eigenvalue weighted by Gasteiger charge is -2.32. The second kappa shape index (κ2) is 6.60. The molecule has 1 aliphatic rings. The number of halogens is 1. The third kappa shape index (κ3) is 3.41. The summed E-state index contributed by atoms with van der Waals surface area (Å²) in [6.07, 6.45) is 6.86. The summed E-state index contributed by atoms with van der Waals surface area (Å²) >= 11 is 3.45. The van der Waals surface area contributed by atoms with Gasteiger partial charge in [0.2, 0.25) is 0 Å². The number of aromatic nitrogens is 1. The zero-order valence-electron chi connectivity index (χ0n) is 11.9. The van der Waals surface area contributed by atoms with Crippen LogP contribution in [0.2, 0.25) is 0 Å². The Labute approximate surface area is 124 Å². The predicted octanol–water partition coefficient (Wildman–Crippen LogP) is 3.92. The topological polar surface area (TPSA) is 25.2 Å². The molecule has 106 valence electrons. The van der Waals surface area contributed by atoms with Gasteiger partial charge >= 0.3 is 0 Å². The van der Waals surface area contributed by atoms with Crippen molar-refractivity contribution in [3.8, 4) is 0 Å². The maximum Gasteiger partial charge on any atom is 0.270 e. The van der Waals surface area contributed by atoms with Gasteiger partial charge in [-0.05, 0) is 47.7 Å². The lowest BCUT2D eigenvalue weighted by Crippen LogP contribution is -2.39. The third-order valence-electron chi connectivity index (χ3n) is 4.02. The van der Waals surface area contributed by atoms with Crippen LogP contribution in [0.15, 0.2) is 16.7 Å². The number of carbonyl (C=O) groups is 1. The largest absolute Gasteiger partial charge is 0.343 e. The summed E-state index contributed by atoms with van der Waals surface area (Å²) in [4.78, 5) is 14.6. The summed E-state index contributed by atoms with van der Waals surface area (Å²) in [5.74, 6) is 1.00. The summed E-state index contributed by atoms with van der Waals surface area (Å²) in [6, 6.07) is 1.93. The standard InChI is InChI=1S/C15H23BrN2O/c1-3-5-12-6-8-18(9-7-12)15(19)14-10-13(16)11-17(14)4-2/h10-12H,3-9H2,1-2H3. The van der Waals surface area contributed by atoms with E-state index >= 15 is 0 Å². The Balaban J connectivity index is 2.01. The number of hydrogen-bond donors (Lipinski definition) is 0. The van der Waals surface area contributed by atoms with Gasteiger partial charge < -0.3 is 9.47 Å². The van der Waals surface area contributed by atoms with Crippen LogP contribution in [0.4, 0.5) is 0 Å². The van der Waals surface area contributed by atoms with E-state index in [4.69, 9.17) is 0 Å². The minimum absolute atomic E-state index is 0.183. The minimum Gasteiger partial charge on any atom is -0.343 e. The quantitative estimate of drug-likeness (QED) is 0.823. The van der Waals surface area contributed by atoms with Crippen molar-refractivity contribution in [2.75, 3.05) is 13.1 Å². The first-order valence-corrected chi connectivity index (χ1v) is 8.10. The molecule has 1 aliphatic heterocycles. The summed E-state index contributed by atoms with van der Waals surface area (Å²) in [7, 11) is 0. The van der Waals surface area contributed by atoms with E-state index in [1.165, 1.54) is 12.8 Å². The van der Waals surface area contributed by atoms with Crippen LogP contribution < -0.4 is 0 Å². The van der Waals surface area contributed by atoms with Crippen molar-refractivity contribution < 1.29 is 4.79 Å². The van der Waals surface area contributed by atoms with E-state index in [1.807, 2.05) is 21.7 Å². The van der Waals surface area contributed by atoms with Gasteiger partial charge in [-0.25, -0.2) is 0 Å². The van der Waals surface area contributed by atoms with Crippen molar-refractivity contribution in [1.82, 2.24) is 9.47 Å². The highest BCUT2D eigenvalue weighted by molar-refractivity contribution is 9.10. The van der Waals surface area contributed by atoms with Crippen LogP contribution in [-0.4, -0.2) is 28.5 Å². The van der Waals surface area contributed by atoms with Crippen molar-refractivity contribution in [2.24, 2.45) is 5.92 Å². The molecular weight excluding hydrogens is 304 g/mol. The molecule has 0 radical (unpaired) electrons. The molecule has 1 aromatic rings. The fourth-order valence-corrected chi connectivity index (χ4v) is 3.37. The van der Waals surface area contributed by atoms with Crippen LogP contribution in [0.3, 0.4) is 0 Å². The Morgan fingerprint density at radius 3 is 2.63 bits per heavy atom. The first kappa shape index (κ1) is 14.6. The number of nitrogens with zero attached hydrogens (tertiary/aromatic N) is 2. The minimum atomic E-state index is 0.183. The molecule has 0 spiro atoms. The number of aryl methyl sites for hydroxylation is 1. The van der Waals surface area contributed by atoms with Gasteiger partial charge in [-0.2, -0.15) is 0 Å². The van der Waals surface area contributed by atoms with E-state index in [1.54, 1.807) is 0 Å². The highest BCUT2D eigenvalue weighted by atomic mass is 79.9. The molecule has 3 nitrogen and oxygen atoms in total. The van der Waals surface area contributed by atoms with Crippen molar-refractivity contribution in [1.29, 1.82) is 0 Å². The number of piperidine rings is 1. The van der Waals surface area contributed by atoms with Gasteiger partial charge in [-0.1, -0.05) is 19.8 Å². The second-order valence-corrected chi connectivity index (χ2v) is 6.27. The average Bonchev–Trinajstić information content (AvgIpc) is 2.80. The molecular formula is C15H23BrN2O. The van der Waals surface area contributed by atoms with Crippen LogP contribution in [0.25, 0.3) is 0 Å². The van der Waals surface area contributed by atoms with Crippen LogP contribution in [0.5, 0.6) is 0 Å². The predicted molar refractivity (Wildman–Crippen MR) is 81.3 cm³/mol. The summed E-state index contributed by atoms with van der Waals surface area (Å²) in [6.45, 7) is 6.96. The molecule has 2 heterocycles. The highest BCUT2D eigenvalue weighted by Gasteiger charge is 2.24. The molecule has 19 heavy (non-hydrogen) atoms. The molecule has 0 N–H and O–H groups in total. The summed E-state index contributed by atoms with van der Waals surface area (Å²) in [5.41, 5.74) is 0.809. The third-order valence-corrected chi connectivity index (χ3v) is 4.46. The Morgan fingerprint density at radius 2 is 2.05 bits per heavy atom. The second-order valence-electron chi connectivity index (χ2n) is 5.35. The average molecular weight is 327 g/mol. The molecule has 0 aliphatic carbocycles. The van der Waals surface area contributed by atoms with Crippen LogP contribution >= 0.6 is 15.9 Å². The summed E-state index contributed by atoms with van der Waals surface area (Å²) in [5, 5.41) is 0. The smallest absolute Gasteiger partial charge is 0.270 e. The van der Waals surface area contributed by atoms with E-state index < -0.39 is 0 Å². The van der Waals surface area contributed by atoms with Crippen molar-refractivity contribution in [3.63, 3.8) is 0 Å². The number of hydrogen-bond acceptors (Lipinski definition) is 1. The van der Waals surface area contributed by atoms with Crippen molar-refractivity contribution >= 4 is 21.8 Å². The Bertz CT molecular complexity index is 433. The van der Waals surface area contributed by atoms with Gasteiger partial charge in [0.15, 0.2) is 0 Å². The van der Waals surface area contributed by atoms with Gasteiger partial charge in [0, 0.05) is 30.3 Å². The maximum atomic E-state index is 12.5. The van der Waals surface area contributed by atoms with Crippen molar-refractivity contribution in [3.05, 3.63) is 22.4 Å². The molecule has 0 bridgehead atoms. The first-order chi connectivity index (χ1) is 9.15. The lowest BCUT2D eigenvalue weighted by atomic mass is 9.92. The van der Waals surface area contributed by atoms with E-state index in [0.717, 1.165) is 48.6 Å². The molecule has 1 saturated heterocycles. The first-order valence-electron chi connectivity index (χ1n) is 7.30. The van der Waals surface area contributed by atoms with E-state index in [-0.39, 0.29) is 5.91 Å². The normalized spacial score (nSPS) is 16.9. The van der Waals surface area contributed by atoms with Gasteiger partial charge in [-0.3, -0.25) is 4.79 Å². The number of rotatable bonds is 4. The van der Waals surface area contributed by atoms with Gasteiger partial charge in [0.05, 0.1) is 0 Å². The number of likely N-dealkylation sites (tertiary alicyclic amines) is 1. The molecule has 2 rings (SSSR count). The van der Waals surface area contributed by atoms with Crippen LogP contribution in [0, 0.1) is 5.92 Å². The molecule has 0 aromatic carbocycles. The highest BCUT2D eigenvalue weighted by Crippen LogP contribution is 2.24. The molecule has 1 aromatic heterocycles. The SMILES string of the molecule is CCCC1CCN(C(=O)c2cc(Br)cn2CC)CC1. The lowest BCUT2D eigenvalue weighted by molar-refractivity contribution is 0.0676. The Morgan fingerprint density at radius 1 is 1.37 bits per heavy atom. The summed E-state index contributed by atoms with van der Waals surface area (Å²) < 4.78 is 3.00. The molecule has 0 saturated carbocycles. The van der Waals surface area contributed by atoms with Gasteiger partial charge in [0.1, 0.15) is 5.69 Å². The number of amides is 1. The molecule has 0 unspecified atom stereocenters. The van der Waals surface area contributed by atoms with E-state index in [0.29, 0.717) is 0 Å². The zero-order chi connectivity index (χ0) is 13.8. The monoisotopic (exact) mass is 326 g/mol. The van der Waals surface area contributed by atoms with Gasteiger partial charge in [0.25, 0.3) is 5.91 Å². The number of carbonyl (C=O) groups excluding carboxylic acids is 1. The van der Waals surface area contributed by atoms with Crippen molar-refractivity contribution in [2.45, 2.75) is 46.1 Å². The van der Waals surface area contributed by atoms with Crippen LogP contribution in [-0.2, 0) is 6.54 Å². The fraction of sp³-hybridized carbons (Fsp3) is 0.667. The Kier molecular flexibility index (Phi) is 5.08. The zero-order valence-corrected chi connectivity index (χ0v) is 13.4. The molecule has 0 atom stereocenters. The Hall–Kier alpha value is -0.770. The molecule has 1 fully saturated rings. The maximum absolute atomic E-state index is 12.5. The molecule has 1 amide bonds. The van der Waals surface area contributed by atoms with E-state index in [2.05, 4.69) is 29.8 Å². The molecule has 4 heteroatoms. The van der Waals surface area contributed by atoms with E-state index in [9.17, 15) is 4.79 Å². The van der Waals surface area contributed by atoms with Gasteiger partial charge in [-0.15, -0.1) is 0 Å². The van der Waals surface area contributed by atoms with Crippen LogP contribution in [0.1, 0.15) is 50.0 Å². The fourth-order valence-electron chi connectivity index (χ4n) is 2.91.